The molecule has 0 spiro atoms. The highest BCUT2D eigenvalue weighted by Gasteiger charge is 2.29. The van der Waals surface area contributed by atoms with Crippen molar-refractivity contribution in [2.75, 3.05) is 27.2 Å². The first-order chi connectivity index (χ1) is 10.3. The van der Waals surface area contributed by atoms with Crippen molar-refractivity contribution in [2.45, 2.75) is 28.7 Å². The van der Waals surface area contributed by atoms with Crippen LogP contribution in [-0.2, 0) is 20.0 Å². The van der Waals surface area contributed by atoms with E-state index in [1.165, 1.54) is 35.6 Å². The van der Waals surface area contributed by atoms with Crippen LogP contribution in [0.15, 0.2) is 34.1 Å². The van der Waals surface area contributed by atoms with Gasteiger partial charge in [0.15, 0.2) is 0 Å². The fraction of sp³-hybridized carbons (Fsp3) is 0.538. The fourth-order valence-electron chi connectivity index (χ4n) is 2.45. The molecule has 0 amide bonds. The molecule has 1 atom stereocenters. The number of likely N-dealkylation sites (N-methyl/N-ethyl adjacent to an activating group) is 1. The Labute approximate surface area is 131 Å². The second-order valence-electron chi connectivity index (χ2n) is 5.17. The second-order valence-corrected chi connectivity index (χ2v) is 8.99. The third kappa shape index (κ3) is 3.49. The highest BCUT2D eigenvalue weighted by atomic mass is 32.2. The minimum atomic E-state index is -3.60. The monoisotopic (exact) mass is 347 g/mol. The number of hydrogen-bond donors (Lipinski definition) is 2. The van der Waals surface area contributed by atoms with E-state index < -0.39 is 20.0 Å². The number of rotatable bonds is 5. The predicted molar refractivity (Wildman–Crippen MR) is 83.5 cm³/mol. The first-order valence-corrected chi connectivity index (χ1v) is 9.94. The summed E-state index contributed by atoms with van der Waals surface area (Å²) >= 11 is 0. The Bertz CT molecular complexity index is 714. The van der Waals surface area contributed by atoms with Gasteiger partial charge in [-0.2, -0.15) is 4.31 Å². The van der Waals surface area contributed by atoms with Crippen LogP contribution in [0.25, 0.3) is 0 Å². The van der Waals surface area contributed by atoms with E-state index in [1.54, 1.807) is 0 Å². The Morgan fingerprint density at radius 2 is 1.64 bits per heavy atom. The molecule has 2 N–H and O–H groups in total. The molecule has 1 aromatic carbocycles. The van der Waals surface area contributed by atoms with Gasteiger partial charge in [-0.15, -0.1) is 0 Å². The summed E-state index contributed by atoms with van der Waals surface area (Å²) < 4.78 is 52.2. The molecule has 0 radical (unpaired) electrons. The van der Waals surface area contributed by atoms with E-state index >= 15 is 0 Å². The van der Waals surface area contributed by atoms with E-state index in [1.807, 2.05) is 7.05 Å². The minimum Gasteiger partial charge on any atom is -0.316 e. The van der Waals surface area contributed by atoms with Crippen LogP contribution in [0, 0.1) is 0 Å². The van der Waals surface area contributed by atoms with Gasteiger partial charge in [-0.05, 0) is 51.2 Å². The van der Waals surface area contributed by atoms with Crippen molar-refractivity contribution in [3.63, 3.8) is 0 Å². The van der Waals surface area contributed by atoms with Gasteiger partial charge in [-0.3, -0.25) is 0 Å². The molecule has 0 aromatic heterocycles. The normalized spacial score (nSPS) is 20.9. The number of nitrogens with one attached hydrogen (secondary N) is 2. The average molecular weight is 347 g/mol. The lowest BCUT2D eigenvalue weighted by molar-refractivity contribution is 0.293. The number of nitrogens with zero attached hydrogens (tertiary/aromatic N) is 1. The van der Waals surface area contributed by atoms with Gasteiger partial charge in [0.2, 0.25) is 20.0 Å². The first kappa shape index (κ1) is 17.4. The van der Waals surface area contributed by atoms with Crippen molar-refractivity contribution < 1.29 is 16.8 Å². The number of sulfonamides is 2. The maximum Gasteiger partial charge on any atom is 0.243 e. The summed E-state index contributed by atoms with van der Waals surface area (Å²) in [6, 6.07) is 5.43. The van der Waals surface area contributed by atoms with E-state index in [0.29, 0.717) is 13.1 Å². The number of hydrogen-bond acceptors (Lipinski definition) is 5. The van der Waals surface area contributed by atoms with Gasteiger partial charge in [0.25, 0.3) is 0 Å². The molecule has 1 saturated heterocycles. The summed E-state index contributed by atoms with van der Waals surface area (Å²) in [5, 5.41) is 3.10. The van der Waals surface area contributed by atoms with Crippen molar-refractivity contribution >= 4 is 20.0 Å². The Morgan fingerprint density at radius 3 is 2.18 bits per heavy atom. The molecule has 1 unspecified atom stereocenters. The lowest BCUT2D eigenvalue weighted by Gasteiger charge is -2.31. The van der Waals surface area contributed by atoms with Gasteiger partial charge in [0, 0.05) is 19.1 Å². The van der Waals surface area contributed by atoms with Gasteiger partial charge in [0.1, 0.15) is 0 Å². The molecule has 22 heavy (non-hydrogen) atoms. The molecule has 1 heterocycles. The molecule has 0 bridgehead atoms. The Morgan fingerprint density at radius 1 is 1.05 bits per heavy atom. The predicted octanol–water partition coefficient (Wildman–Crippen LogP) is -0.0328. The molecule has 9 heteroatoms. The first-order valence-electron chi connectivity index (χ1n) is 7.02. The zero-order chi connectivity index (χ0) is 16.4. The van der Waals surface area contributed by atoms with Crippen LogP contribution in [0.4, 0.5) is 0 Å². The topological polar surface area (TPSA) is 95.6 Å². The van der Waals surface area contributed by atoms with Gasteiger partial charge >= 0.3 is 0 Å². The van der Waals surface area contributed by atoms with Crippen molar-refractivity contribution in [1.29, 1.82) is 0 Å². The van der Waals surface area contributed by atoms with Crippen LogP contribution in [0.5, 0.6) is 0 Å². The van der Waals surface area contributed by atoms with E-state index in [-0.39, 0.29) is 15.8 Å². The van der Waals surface area contributed by atoms with Crippen LogP contribution in [-0.4, -0.2) is 54.4 Å². The van der Waals surface area contributed by atoms with Crippen molar-refractivity contribution in [3.05, 3.63) is 24.3 Å². The van der Waals surface area contributed by atoms with E-state index in [0.717, 1.165) is 12.8 Å². The quantitative estimate of drug-likeness (QED) is 0.780. The Kier molecular flexibility index (Phi) is 5.23. The molecule has 1 aliphatic rings. The molecule has 0 saturated carbocycles. The lowest BCUT2D eigenvalue weighted by Crippen LogP contribution is -2.46. The molecular weight excluding hydrogens is 326 g/mol. The molecule has 124 valence electrons. The van der Waals surface area contributed by atoms with Gasteiger partial charge in [0.05, 0.1) is 9.79 Å². The molecular formula is C13H21N3O4S2. The highest BCUT2D eigenvalue weighted by molar-refractivity contribution is 7.89. The zero-order valence-electron chi connectivity index (χ0n) is 12.6. The molecule has 1 fully saturated rings. The molecule has 2 rings (SSSR count). The second kappa shape index (κ2) is 6.63. The van der Waals surface area contributed by atoms with E-state index in [2.05, 4.69) is 10.0 Å². The zero-order valence-corrected chi connectivity index (χ0v) is 14.2. The van der Waals surface area contributed by atoms with Crippen LogP contribution in [0.2, 0.25) is 0 Å². The van der Waals surface area contributed by atoms with E-state index in [4.69, 9.17) is 0 Å². The summed E-state index contributed by atoms with van der Waals surface area (Å²) in [6.07, 6.45) is 1.75. The molecule has 0 aliphatic carbocycles. The maximum atomic E-state index is 12.6. The smallest absolute Gasteiger partial charge is 0.243 e. The summed E-state index contributed by atoms with van der Waals surface area (Å²) in [7, 11) is -4.03. The highest BCUT2D eigenvalue weighted by Crippen LogP contribution is 2.22. The summed E-state index contributed by atoms with van der Waals surface area (Å²) in [5.74, 6) is 0. The molecule has 1 aromatic rings. The minimum absolute atomic E-state index is 0.0423. The third-order valence-electron chi connectivity index (χ3n) is 3.83. The van der Waals surface area contributed by atoms with Crippen LogP contribution in [0.1, 0.15) is 12.8 Å². The van der Waals surface area contributed by atoms with Gasteiger partial charge < -0.3 is 5.32 Å². The van der Waals surface area contributed by atoms with Crippen LogP contribution in [0.3, 0.4) is 0 Å². The average Bonchev–Trinajstić information content (AvgIpc) is 2.55. The third-order valence-corrected chi connectivity index (χ3v) is 7.14. The number of piperidine rings is 1. The SMILES string of the molecule is CNC1CCCN(S(=O)(=O)c2ccc(S(=O)(=O)NC)cc2)C1. The Hall–Kier alpha value is -1.00. The summed E-state index contributed by atoms with van der Waals surface area (Å²) in [4.78, 5) is 0.153. The van der Waals surface area contributed by atoms with Crippen LogP contribution < -0.4 is 10.0 Å². The largest absolute Gasteiger partial charge is 0.316 e. The van der Waals surface area contributed by atoms with Crippen molar-refractivity contribution in [1.82, 2.24) is 14.3 Å². The van der Waals surface area contributed by atoms with Crippen molar-refractivity contribution in [2.24, 2.45) is 0 Å². The Balaban J connectivity index is 2.27. The van der Waals surface area contributed by atoms with Gasteiger partial charge in [-0.1, -0.05) is 0 Å². The van der Waals surface area contributed by atoms with Crippen LogP contribution >= 0.6 is 0 Å². The maximum absolute atomic E-state index is 12.6. The fourth-order valence-corrected chi connectivity index (χ4v) is 4.71. The van der Waals surface area contributed by atoms with Crippen molar-refractivity contribution in [3.8, 4) is 0 Å². The molecule has 1 aliphatic heterocycles. The standard InChI is InChI=1S/C13H21N3O4S2/c1-14-11-4-3-9-16(10-11)22(19,20)13-7-5-12(6-8-13)21(17,18)15-2/h5-8,11,14-15H,3-4,9-10H2,1-2H3. The lowest BCUT2D eigenvalue weighted by atomic mass is 10.1. The van der Waals surface area contributed by atoms with Gasteiger partial charge in [-0.25, -0.2) is 21.6 Å². The van der Waals surface area contributed by atoms with E-state index in [9.17, 15) is 16.8 Å². The summed E-state index contributed by atoms with van der Waals surface area (Å²) in [6.45, 7) is 0.909. The number of benzene rings is 1. The molecule has 7 nitrogen and oxygen atoms in total. The summed E-state index contributed by atoms with van der Waals surface area (Å²) in [5.41, 5.74) is 0.